The molecule has 0 unspecified atom stereocenters. The number of nitrogens with zero attached hydrogens (tertiary/aromatic N) is 2. The number of hydrogen-bond acceptors (Lipinski definition) is 7. The van der Waals surface area contributed by atoms with Gasteiger partial charge in [0.15, 0.2) is 11.5 Å². The van der Waals surface area contributed by atoms with Crippen LogP contribution < -0.4 is 24.7 Å². The van der Waals surface area contributed by atoms with Gasteiger partial charge < -0.3 is 34.5 Å². The number of carbonyl (C=O) groups is 1. The van der Waals surface area contributed by atoms with Crippen LogP contribution >= 0.6 is 24.8 Å². The van der Waals surface area contributed by atoms with Crippen molar-refractivity contribution in [2.24, 2.45) is 5.73 Å². The number of halogens is 2. The Balaban J connectivity index is 0.00000306. The number of nitrogens with two attached hydrogens (primary N) is 1. The zero-order valence-corrected chi connectivity index (χ0v) is 22.7. The first-order valence-corrected chi connectivity index (χ1v) is 11.2. The Morgan fingerprint density at radius 1 is 1.00 bits per heavy atom. The summed E-state index contributed by atoms with van der Waals surface area (Å²) in [6.45, 7) is 2.50. The van der Waals surface area contributed by atoms with Crippen molar-refractivity contribution in [3.8, 4) is 28.7 Å². The molecule has 196 valence electrons. The second-order valence-corrected chi connectivity index (χ2v) is 8.26. The van der Waals surface area contributed by atoms with E-state index in [1.165, 1.54) is 21.3 Å². The molecule has 0 radical (unpaired) electrons. The first-order valence-electron chi connectivity index (χ1n) is 11.2. The summed E-state index contributed by atoms with van der Waals surface area (Å²) < 4.78 is 22.9. The minimum atomic E-state index is -0.148. The van der Waals surface area contributed by atoms with E-state index < -0.39 is 0 Å². The number of hydrogen-bond donors (Lipinski definition) is 1. The highest BCUT2D eigenvalue weighted by Crippen LogP contribution is 2.48. The number of ether oxygens (including phenoxy) is 4. The van der Waals surface area contributed by atoms with Crippen molar-refractivity contribution in [1.82, 2.24) is 9.80 Å². The highest BCUT2D eigenvalue weighted by atomic mass is 35.5. The Morgan fingerprint density at radius 3 is 2.09 bits per heavy atom. The summed E-state index contributed by atoms with van der Waals surface area (Å²) in [5.74, 6) is 1.84. The number of rotatable bonds is 9. The van der Waals surface area contributed by atoms with Crippen LogP contribution in [0.4, 0.5) is 0 Å². The van der Waals surface area contributed by atoms with Crippen LogP contribution in [-0.2, 0) is 6.42 Å². The first-order chi connectivity index (χ1) is 15.9. The molecule has 0 atom stereocenters. The van der Waals surface area contributed by atoms with E-state index in [2.05, 4.69) is 11.9 Å². The maximum Gasteiger partial charge on any atom is 0.257 e. The molecule has 35 heavy (non-hydrogen) atoms. The van der Waals surface area contributed by atoms with Crippen molar-refractivity contribution >= 4 is 30.7 Å². The number of carbonyl (C=O) groups excluding carboxylic acids is 1. The smallest absolute Gasteiger partial charge is 0.257 e. The molecule has 0 aromatic heterocycles. The van der Waals surface area contributed by atoms with Crippen molar-refractivity contribution in [3.63, 3.8) is 0 Å². The van der Waals surface area contributed by atoms with E-state index in [1.54, 1.807) is 11.0 Å². The van der Waals surface area contributed by atoms with Gasteiger partial charge in [0.2, 0.25) is 11.5 Å². The van der Waals surface area contributed by atoms with Gasteiger partial charge >= 0.3 is 0 Å². The molecule has 2 aromatic carbocycles. The third kappa shape index (κ3) is 7.07. The van der Waals surface area contributed by atoms with E-state index in [4.69, 9.17) is 24.7 Å². The quantitative estimate of drug-likeness (QED) is 0.524. The van der Waals surface area contributed by atoms with Crippen molar-refractivity contribution in [1.29, 1.82) is 0 Å². The van der Waals surface area contributed by atoms with Crippen LogP contribution in [-0.4, -0.2) is 76.8 Å². The standard InChI is InChI=1S/C25H35N3O5.2ClH/c1-27-14-11-18(12-15-27)28(2)25(29)20-16-21(23(31-4)24(32-5)22(20)30-3)33-19-8-6-17(7-9-19)10-13-26;;/h6-9,16,18H,10-15,26H2,1-5H3;2*1H. The van der Waals surface area contributed by atoms with Crippen molar-refractivity contribution in [2.75, 3.05) is 55.1 Å². The average Bonchev–Trinajstić information content (AvgIpc) is 2.84. The van der Waals surface area contributed by atoms with Gasteiger partial charge in [0, 0.05) is 19.2 Å². The van der Waals surface area contributed by atoms with Gasteiger partial charge in [-0.05, 0) is 63.6 Å². The fourth-order valence-electron chi connectivity index (χ4n) is 4.17. The molecule has 0 bridgehead atoms. The van der Waals surface area contributed by atoms with Crippen LogP contribution in [0.2, 0.25) is 0 Å². The zero-order chi connectivity index (χ0) is 24.0. The van der Waals surface area contributed by atoms with E-state index in [9.17, 15) is 4.79 Å². The third-order valence-electron chi connectivity index (χ3n) is 6.14. The number of benzene rings is 2. The molecule has 8 nitrogen and oxygen atoms in total. The Labute approximate surface area is 220 Å². The summed E-state index contributed by atoms with van der Waals surface area (Å²) in [5.41, 5.74) is 7.13. The molecule has 0 aliphatic carbocycles. The lowest BCUT2D eigenvalue weighted by atomic mass is 10.0. The van der Waals surface area contributed by atoms with E-state index in [0.29, 0.717) is 40.9 Å². The van der Waals surface area contributed by atoms with Crippen molar-refractivity contribution in [2.45, 2.75) is 25.3 Å². The first kappa shape index (κ1) is 30.6. The Bertz CT molecular complexity index is 951. The molecule has 2 N–H and O–H groups in total. The zero-order valence-electron chi connectivity index (χ0n) is 21.0. The summed E-state index contributed by atoms with van der Waals surface area (Å²) in [6.07, 6.45) is 2.64. The molecular formula is C25H37Cl2N3O5. The van der Waals surface area contributed by atoms with Gasteiger partial charge in [-0.25, -0.2) is 0 Å². The summed E-state index contributed by atoms with van der Waals surface area (Å²) in [4.78, 5) is 17.6. The highest BCUT2D eigenvalue weighted by Gasteiger charge is 2.31. The maximum atomic E-state index is 13.6. The number of likely N-dealkylation sites (tertiary alicyclic amines) is 1. The van der Waals surface area contributed by atoms with E-state index in [1.807, 2.05) is 31.3 Å². The summed E-state index contributed by atoms with van der Waals surface area (Å²) in [5, 5.41) is 0. The minimum absolute atomic E-state index is 0. The number of methoxy groups -OCH3 is 3. The van der Waals surface area contributed by atoms with Crippen LogP contribution in [0.25, 0.3) is 0 Å². The van der Waals surface area contributed by atoms with Crippen molar-refractivity contribution < 1.29 is 23.7 Å². The van der Waals surface area contributed by atoms with Crippen LogP contribution in [0.5, 0.6) is 28.7 Å². The molecule has 2 aromatic rings. The molecule has 10 heteroatoms. The predicted molar refractivity (Wildman–Crippen MR) is 142 cm³/mol. The van der Waals surface area contributed by atoms with Gasteiger partial charge in [-0.15, -0.1) is 24.8 Å². The van der Waals surface area contributed by atoms with Crippen LogP contribution in [0, 0.1) is 0 Å². The minimum Gasteiger partial charge on any atom is -0.492 e. The molecule has 0 spiro atoms. The lowest BCUT2D eigenvalue weighted by molar-refractivity contribution is 0.0655. The molecule has 1 aliphatic rings. The second kappa shape index (κ2) is 14.2. The largest absolute Gasteiger partial charge is 0.492 e. The Kier molecular flexibility index (Phi) is 12.5. The molecule has 0 saturated carbocycles. The van der Waals surface area contributed by atoms with E-state index in [-0.39, 0.29) is 36.8 Å². The van der Waals surface area contributed by atoms with Crippen LogP contribution in [0.1, 0.15) is 28.8 Å². The summed E-state index contributed by atoms with van der Waals surface area (Å²) in [6, 6.07) is 9.50. The van der Waals surface area contributed by atoms with Crippen LogP contribution in [0.15, 0.2) is 30.3 Å². The summed E-state index contributed by atoms with van der Waals surface area (Å²) in [7, 11) is 8.49. The molecule has 1 fully saturated rings. The Hall–Kier alpha value is -2.39. The summed E-state index contributed by atoms with van der Waals surface area (Å²) >= 11 is 0. The molecular weight excluding hydrogens is 493 g/mol. The Morgan fingerprint density at radius 2 is 1.57 bits per heavy atom. The van der Waals surface area contributed by atoms with Gasteiger partial charge in [-0.1, -0.05) is 12.1 Å². The molecule has 1 aliphatic heterocycles. The van der Waals surface area contributed by atoms with Gasteiger partial charge in [-0.3, -0.25) is 4.79 Å². The normalized spacial score (nSPS) is 13.8. The predicted octanol–water partition coefficient (Wildman–Crippen LogP) is 4.02. The fraction of sp³-hybridized carbons (Fsp3) is 0.480. The average molecular weight is 530 g/mol. The number of piperidine rings is 1. The highest BCUT2D eigenvalue weighted by molar-refractivity contribution is 5.99. The molecule has 1 saturated heterocycles. The van der Waals surface area contributed by atoms with E-state index in [0.717, 1.165) is 37.9 Å². The number of amides is 1. The molecule has 1 amide bonds. The molecule has 1 heterocycles. The lowest BCUT2D eigenvalue weighted by Gasteiger charge is -2.35. The van der Waals surface area contributed by atoms with Gasteiger partial charge in [0.05, 0.1) is 26.9 Å². The van der Waals surface area contributed by atoms with Gasteiger partial charge in [-0.2, -0.15) is 0 Å². The fourth-order valence-corrected chi connectivity index (χ4v) is 4.17. The second-order valence-electron chi connectivity index (χ2n) is 8.26. The third-order valence-corrected chi connectivity index (χ3v) is 6.14. The van der Waals surface area contributed by atoms with E-state index >= 15 is 0 Å². The van der Waals surface area contributed by atoms with Crippen molar-refractivity contribution in [3.05, 3.63) is 41.5 Å². The van der Waals surface area contributed by atoms with Gasteiger partial charge in [0.1, 0.15) is 5.75 Å². The monoisotopic (exact) mass is 529 g/mol. The lowest BCUT2D eigenvalue weighted by Crippen LogP contribution is -2.44. The van der Waals surface area contributed by atoms with Crippen LogP contribution in [0.3, 0.4) is 0 Å². The van der Waals surface area contributed by atoms with Gasteiger partial charge in [0.25, 0.3) is 5.91 Å². The maximum absolute atomic E-state index is 13.6. The topological polar surface area (TPSA) is 86.5 Å². The molecule has 3 rings (SSSR count). The SMILES string of the molecule is COc1c(Oc2ccc(CCN)cc2)cc(C(=O)N(C)C2CCN(C)CC2)c(OC)c1OC.Cl.Cl.